The predicted octanol–water partition coefficient (Wildman–Crippen LogP) is 3.86. The van der Waals surface area contributed by atoms with E-state index in [0.717, 1.165) is 6.07 Å². The molecule has 2 aromatic rings. The standard InChI is InChI=1S/C18H15ClF3N3O2/c19-12-5-7-13(8-6-12)25-10-11(9-16(25)26)17(27)24-23-15-4-2-1-3-14(15)18(20,21)22/h1-8,11,23H,9-10H2,(H,24,27). The topological polar surface area (TPSA) is 61.4 Å². The maximum absolute atomic E-state index is 13.0. The number of carbonyl (C=O) groups excluding carboxylic acids is 2. The fourth-order valence-corrected chi connectivity index (χ4v) is 2.95. The minimum atomic E-state index is -4.55. The van der Waals surface area contributed by atoms with Gasteiger partial charge in [-0.25, -0.2) is 0 Å². The molecule has 9 heteroatoms. The minimum Gasteiger partial charge on any atom is -0.312 e. The van der Waals surface area contributed by atoms with Crippen molar-refractivity contribution in [3.8, 4) is 0 Å². The van der Waals surface area contributed by atoms with Crippen LogP contribution in [0.2, 0.25) is 5.02 Å². The molecule has 1 fully saturated rings. The second-order valence-electron chi connectivity index (χ2n) is 6.04. The van der Waals surface area contributed by atoms with Crippen LogP contribution in [-0.2, 0) is 15.8 Å². The molecule has 1 saturated heterocycles. The fraction of sp³-hybridized carbons (Fsp3) is 0.222. The van der Waals surface area contributed by atoms with E-state index in [0.29, 0.717) is 10.7 Å². The summed E-state index contributed by atoms with van der Waals surface area (Å²) in [5.41, 5.74) is 4.02. The summed E-state index contributed by atoms with van der Waals surface area (Å²) in [4.78, 5) is 25.9. The van der Waals surface area contributed by atoms with E-state index in [1.165, 1.54) is 23.1 Å². The number of hydrazine groups is 1. The number of nitrogens with zero attached hydrogens (tertiary/aromatic N) is 1. The maximum atomic E-state index is 13.0. The molecule has 1 aliphatic heterocycles. The highest BCUT2D eigenvalue weighted by molar-refractivity contribution is 6.30. The highest BCUT2D eigenvalue weighted by atomic mass is 35.5. The molecule has 5 nitrogen and oxygen atoms in total. The molecule has 0 bridgehead atoms. The molecule has 2 N–H and O–H groups in total. The third kappa shape index (κ3) is 4.33. The number of rotatable bonds is 4. The van der Waals surface area contributed by atoms with E-state index >= 15 is 0 Å². The second kappa shape index (κ2) is 7.48. The van der Waals surface area contributed by atoms with Crippen LogP contribution in [-0.4, -0.2) is 18.4 Å². The Hall–Kier alpha value is -2.74. The molecule has 2 amide bonds. The van der Waals surface area contributed by atoms with Crippen LogP contribution >= 0.6 is 11.6 Å². The molecule has 3 rings (SSSR count). The van der Waals surface area contributed by atoms with Gasteiger partial charge in [-0.2, -0.15) is 13.2 Å². The number of para-hydroxylation sites is 1. The lowest BCUT2D eigenvalue weighted by Crippen LogP contribution is -2.37. The lowest BCUT2D eigenvalue weighted by atomic mass is 10.1. The molecule has 1 heterocycles. The zero-order chi connectivity index (χ0) is 19.6. The predicted molar refractivity (Wildman–Crippen MR) is 95.1 cm³/mol. The third-order valence-corrected chi connectivity index (χ3v) is 4.44. The zero-order valence-corrected chi connectivity index (χ0v) is 14.6. The molecule has 0 saturated carbocycles. The van der Waals surface area contributed by atoms with Crippen LogP contribution in [0.25, 0.3) is 0 Å². The first-order chi connectivity index (χ1) is 12.8. The Kier molecular flexibility index (Phi) is 5.27. The van der Waals surface area contributed by atoms with Gasteiger partial charge in [-0.1, -0.05) is 23.7 Å². The zero-order valence-electron chi connectivity index (χ0n) is 13.9. The average Bonchev–Trinajstić information content (AvgIpc) is 3.02. The van der Waals surface area contributed by atoms with Crippen molar-refractivity contribution in [2.45, 2.75) is 12.6 Å². The van der Waals surface area contributed by atoms with Gasteiger partial charge in [-0.05, 0) is 36.4 Å². The Morgan fingerprint density at radius 1 is 1.11 bits per heavy atom. The van der Waals surface area contributed by atoms with E-state index in [1.54, 1.807) is 24.3 Å². The van der Waals surface area contributed by atoms with Gasteiger partial charge < -0.3 is 4.90 Å². The Balaban J connectivity index is 1.65. The van der Waals surface area contributed by atoms with Gasteiger partial charge in [0.15, 0.2) is 0 Å². The Morgan fingerprint density at radius 3 is 2.44 bits per heavy atom. The van der Waals surface area contributed by atoms with Crippen molar-refractivity contribution < 1.29 is 22.8 Å². The SMILES string of the molecule is O=C(NNc1ccccc1C(F)(F)F)C1CC(=O)N(c2ccc(Cl)cc2)C1. The molecule has 2 aromatic carbocycles. The van der Waals surface area contributed by atoms with Crippen LogP contribution in [0.1, 0.15) is 12.0 Å². The van der Waals surface area contributed by atoms with E-state index in [1.807, 2.05) is 0 Å². The molecule has 1 atom stereocenters. The van der Waals surface area contributed by atoms with E-state index < -0.39 is 23.6 Å². The Labute approximate surface area is 158 Å². The highest BCUT2D eigenvalue weighted by Crippen LogP contribution is 2.34. The number of halogens is 4. The summed E-state index contributed by atoms with van der Waals surface area (Å²) in [6, 6.07) is 11.4. The van der Waals surface area contributed by atoms with Crippen molar-refractivity contribution in [3.05, 3.63) is 59.1 Å². The minimum absolute atomic E-state index is 0.0307. The molecule has 1 aliphatic rings. The first kappa shape index (κ1) is 19.0. The van der Waals surface area contributed by atoms with Crippen LogP contribution in [0.4, 0.5) is 24.5 Å². The molecular formula is C18H15ClF3N3O2. The molecule has 0 aliphatic carbocycles. The number of amides is 2. The van der Waals surface area contributed by atoms with Crippen molar-refractivity contribution in [2.75, 3.05) is 16.9 Å². The van der Waals surface area contributed by atoms with Gasteiger partial charge in [-0.3, -0.25) is 20.4 Å². The van der Waals surface area contributed by atoms with Crippen LogP contribution in [0, 0.1) is 5.92 Å². The van der Waals surface area contributed by atoms with E-state index in [9.17, 15) is 22.8 Å². The Bertz CT molecular complexity index is 856. The largest absolute Gasteiger partial charge is 0.418 e. The molecule has 142 valence electrons. The quantitative estimate of drug-likeness (QED) is 0.770. The number of hydrogen-bond acceptors (Lipinski definition) is 3. The number of benzene rings is 2. The summed E-state index contributed by atoms with van der Waals surface area (Å²) in [5.74, 6) is -1.48. The van der Waals surface area contributed by atoms with Crippen LogP contribution in [0.3, 0.4) is 0 Å². The van der Waals surface area contributed by atoms with Gasteiger partial charge in [0.25, 0.3) is 0 Å². The maximum Gasteiger partial charge on any atom is 0.418 e. The number of hydrogen-bond donors (Lipinski definition) is 2. The van der Waals surface area contributed by atoms with Crippen LogP contribution in [0.15, 0.2) is 48.5 Å². The van der Waals surface area contributed by atoms with Crippen molar-refractivity contribution >= 4 is 34.8 Å². The first-order valence-electron chi connectivity index (χ1n) is 8.04. The van der Waals surface area contributed by atoms with E-state index in [4.69, 9.17) is 11.6 Å². The second-order valence-corrected chi connectivity index (χ2v) is 6.48. The van der Waals surface area contributed by atoms with Gasteiger partial charge in [0, 0.05) is 23.7 Å². The van der Waals surface area contributed by atoms with Crippen LogP contribution < -0.4 is 15.8 Å². The molecule has 0 aromatic heterocycles. The van der Waals surface area contributed by atoms with Gasteiger partial charge in [0.1, 0.15) is 0 Å². The van der Waals surface area contributed by atoms with E-state index in [2.05, 4.69) is 10.9 Å². The number of nitrogens with one attached hydrogen (secondary N) is 2. The summed E-state index contributed by atoms with van der Waals surface area (Å²) >= 11 is 5.82. The van der Waals surface area contributed by atoms with Crippen molar-refractivity contribution in [3.63, 3.8) is 0 Å². The Morgan fingerprint density at radius 2 is 1.78 bits per heavy atom. The summed E-state index contributed by atoms with van der Waals surface area (Å²) in [7, 11) is 0. The fourth-order valence-electron chi connectivity index (χ4n) is 2.82. The first-order valence-corrected chi connectivity index (χ1v) is 8.41. The highest BCUT2D eigenvalue weighted by Gasteiger charge is 2.36. The molecule has 1 unspecified atom stereocenters. The van der Waals surface area contributed by atoms with Gasteiger partial charge in [-0.15, -0.1) is 0 Å². The number of carbonyl (C=O) groups is 2. The van der Waals surface area contributed by atoms with Crippen molar-refractivity contribution in [1.29, 1.82) is 0 Å². The summed E-state index contributed by atoms with van der Waals surface area (Å²) < 4.78 is 38.9. The normalized spacial score (nSPS) is 17.1. The molecule has 0 radical (unpaired) electrons. The lowest BCUT2D eigenvalue weighted by Gasteiger charge is -2.18. The summed E-state index contributed by atoms with van der Waals surface area (Å²) in [5, 5.41) is 0.521. The summed E-state index contributed by atoms with van der Waals surface area (Å²) in [6.07, 6.45) is -4.58. The number of anilines is 2. The van der Waals surface area contributed by atoms with Gasteiger partial charge in [0.2, 0.25) is 11.8 Å². The van der Waals surface area contributed by atoms with Crippen molar-refractivity contribution in [1.82, 2.24) is 5.43 Å². The van der Waals surface area contributed by atoms with E-state index in [-0.39, 0.29) is 24.6 Å². The molecule has 0 spiro atoms. The van der Waals surface area contributed by atoms with Gasteiger partial charge >= 0.3 is 6.18 Å². The van der Waals surface area contributed by atoms with Crippen molar-refractivity contribution in [2.24, 2.45) is 5.92 Å². The number of alkyl halides is 3. The molecular weight excluding hydrogens is 383 g/mol. The summed E-state index contributed by atoms with van der Waals surface area (Å²) in [6.45, 7) is 0.134. The average molecular weight is 398 g/mol. The van der Waals surface area contributed by atoms with Crippen LogP contribution in [0.5, 0.6) is 0 Å². The third-order valence-electron chi connectivity index (χ3n) is 4.19. The van der Waals surface area contributed by atoms with Gasteiger partial charge in [0.05, 0.1) is 17.2 Å². The molecule has 27 heavy (non-hydrogen) atoms. The smallest absolute Gasteiger partial charge is 0.312 e. The monoisotopic (exact) mass is 397 g/mol. The lowest BCUT2D eigenvalue weighted by molar-refractivity contribution is -0.137.